The number of fused-ring (bicyclic) bond motifs is 2. The quantitative estimate of drug-likeness (QED) is 0.301. The van der Waals surface area contributed by atoms with Gasteiger partial charge in [-0.1, -0.05) is 13.8 Å². The van der Waals surface area contributed by atoms with Gasteiger partial charge < -0.3 is 25.2 Å². The molecule has 2 saturated heterocycles. The first kappa shape index (κ1) is 23.9. The summed E-state index contributed by atoms with van der Waals surface area (Å²) in [6.07, 6.45) is -1.67. The minimum Gasteiger partial charge on any atom is -0.392 e. The number of Topliss-reactive ketones (excluding diaryl/α,β-unsaturated/α-hetero) is 1. The first-order valence-corrected chi connectivity index (χ1v) is 12.5. The summed E-state index contributed by atoms with van der Waals surface area (Å²) in [5, 5.41) is 61.7. The van der Waals surface area contributed by atoms with Crippen molar-refractivity contribution in [2.75, 3.05) is 12.0 Å². The molecule has 4 aliphatic carbocycles. The Balaban J connectivity index is 1.44. The van der Waals surface area contributed by atoms with E-state index in [-0.39, 0.29) is 18.0 Å². The smallest absolute Gasteiger partial charge is 0.269 e. The first-order valence-electron chi connectivity index (χ1n) is 12.5. The fraction of sp³-hybridized carbons (Fsp3) is 0.680. The molecule has 9 atom stereocenters. The summed E-state index contributed by atoms with van der Waals surface area (Å²) in [5.74, 6) is -4.72. The van der Waals surface area contributed by atoms with Crippen molar-refractivity contribution in [3.63, 3.8) is 0 Å². The van der Waals surface area contributed by atoms with Gasteiger partial charge in [-0.25, -0.2) is 0 Å². The number of hydrogen-bond acceptors (Lipinski definition) is 10. The maximum atomic E-state index is 14.1. The Hall–Kier alpha value is -2.44. The maximum absolute atomic E-state index is 14.1. The van der Waals surface area contributed by atoms with E-state index in [1.54, 1.807) is 0 Å². The highest BCUT2D eigenvalue weighted by molar-refractivity contribution is 6.45. The summed E-state index contributed by atoms with van der Waals surface area (Å²) >= 11 is 0. The van der Waals surface area contributed by atoms with Crippen LogP contribution in [0.25, 0.3) is 0 Å². The third-order valence-corrected chi connectivity index (χ3v) is 10.1. The van der Waals surface area contributed by atoms with E-state index in [2.05, 4.69) is 10.5 Å². The van der Waals surface area contributed by atoms with Gasteiger partial charge in [-0.05, 0) is 49.1 Å². The van der Waals surface area contributed by atoms with Gasteiger partial charge in [0.25, 0.3) is 5.69 Å². The van der Waals surface area contributed by atoms with Crippen molar-refractivity contribution in [1.82, 2.24) is 0 Å². The minimum atomic E-state index is -2.32. The van der Waals surface area contributed by atoms with Crippen molar-refractivity contribution in [1.29, 1.82) is 0 Å². The number of benzene rings is 1. The molecule has 2 spiro atoms. The maximum Gasteiger partial charge on any atom is 0.269 e. The lowest BCUT2D eigenvalue weighted by atomic mass is 9.35. The van der Waals surface area contributed by atoms with E-state index in [9.17, 15) is 35.3 Å². The van der Waals surface area contributed by atoms with Crippen LogP contribution in [0.4, 0.5) is 11.4 Å². The number of rotatable bonds is 3. The molecule has 2 heterocycles. The number of nitro groups is 1. The van der Waals surface area contributed by atoms with Crippen LogP contribution in [0, 0.1) is 44.1 Å². The molecule has 7 rings (SSSR count). The standard InChI is InChI=1S/C25H31N3O8/c1-22(2)10-9-16(29)23-11-36-25(33,21(32)18(22)23)24-15(23)8-7-14(19(24)30)17(20(24)31)27-26-12-3-5-13(6-4-12)28(34)35/h3-6,14-16,18-19,21,26,29-30,32-33H,7-11H2,1-2H3/b27-17-/t14-,15?,16-,18?,19+,21-,23+,24?,25-/m0/s1. The number of carbonyl (C=O) groups is 1. The van der Waals surface area contributed by atoms with Crippen molar-refractivity contribution in [3.05, 3.63) is 34.4 Å². The molecule has 5 N–H and O–H groups in total. The van der Waals surface area contributed by atoms with Gasteiger partial charge in [0, 0.05) is 29.4 Å². The number of nitrogens with one attached hydrogen (secondary N) is 1. The third kappa shape index (κ3) is 2.55. The molecule has 6 aliphatic rings. The summed E-state index contributed by atoms with van der Waals surface area (Å²) in [7, 11) is 0. The highest BCUT2D eigenvalue weighted by Crippen LogP contribution is 2.75. The van der Waals surface area contributed by atoms with Crippen molar-refractivity contribution < 1.29 is 34.9 Å². The molecule has 0 amide bonds. The summed E-state index contributed by atoms with van der Waals surface area (Å²) in [5.41, 5.74) is -0.153. The van der Waals surface area contributed by atoms with Crippen LogP contribution >= 0.6 is 0 Å². The van der Waals surface area contributed by atoms with Gasteiger partial charge in [-0.15, -0.1) is 0 Å². The summed E-state index contributed by atoms with van der Waals surface area (Å²) in [6.45, 7) is 4.01. The second-order valence-electron chi connectivity index (χ2n) is 11.9. The molecule has 11 nitrogen and oxygen atoms in total. The van der Waals surface area contributed by atoms with Crippen LogP contribution in [0.15, 0.2) is 29.4 Å². The molecule has 0 aromatic heterocycles. The SMILES string of the molecule is CC1(C)CC[C@H](O)[C@]23CO[C@@](O)([C@@H](O)C12)C12C(=O)/C(=N\Nc4ccc([N+](=O)[O-])cc4)[C@H](CCC13)[C@H]2O. The number of ketones is 1. The van der Waals surface area contributed by atoms with Gasteiger partial charge in [-0.2, -0.15) is 5.10 Å². The number of hydrazone groups is 1. The number of ether oxygens (including phenoxy) is 1. The number of anilines is 1. The van der Waals surface area contributed by atoms with Gasteiger partial charge in [0.05, 0.1) is 29.4 Å². The zero-order chi connectivity index (χ0) is 25.8. The van der Waals surface area contributed by atoms with E-state index < -0.39 is 68.8 Å². The van der Waals surface area contributed by atoms with Crippen molar-refractivity contribution in [2.24, 2.45) is 39.1 Å². The van der Waals surface area contributed by atoms with E-state index in [0.717, 1.165) is 0 Å². The molecule has 6 fully saturated rings. The molecule has 0 radical (unpaired) electrons. The highest BCUT2D eigenvalue weighted by atomic mass is 16.6. The summed E-state index contributed by atoms with van der Waals surface area (Å²) < 4.78 is 5.90. The highest BCUT2D eigenvalue weighted by Gasteiger charge is 2.87. The van der Waals surface area contributed by atoms with Crippen molar-refractivity contribution in [3.8, 4) is 0 Å². The van der Waals surface area contributed by atoms with Crippen LogP contribution in [0.3, 0.4) is 0 Å². The molecule has 4 saturated carbocycles. The molecule has 1 aromatic rings. The summed E-state index contributed by atoms with van der Waals surface area (Å²) in [4.78, 5) is 24.5. The number of aliphatic hydroxyl groups excluding tert-OH is 3. The number of non-ortho nitro benzene ring substituents is 1. The lowest BCUT2D eigenvalue weighted by Gasteiger charge is -2.74. The van der Waals surface area contributed by atoms with E-state index in [1.807, 2.05) is 13.8 Å². The molecule has 3 unspecified atom stereocenters. The molecule has 11 heteroatoms. The lowest BCUT2D eigenvalue weighted by molar-refractivity contribution is -0.458. The molecular weight excluding hydrogens is 470 g/mol. The zero-order valence-corrected chi connectivity index (χ0v) is 20.1. The normalized spacial score (nSPS) is 47.4. The number of nitro benzene ring substituents is 1. The van der Waals surface area contributed by atoms with Gasteiger partial charge in [0.1, 0.15) is 17.2 Å². The third-order valence-electron chi connectivity index (χ3n) is 10.1. The van der Waals surface area contributed by atoms with Gasteiger partial charge in [0.2, 0.25) is 5.79 Å². The molecule has 194 valence electrons. The summed E-state index contributed by atoms with van der Waals surface area (Å²) in [6, 6.07) is 5.52. The number of nitrogens with zero attached hydrogens (tertiary/aromatic N) is 2. The Morgan fingerprint density at radius 2 is 1.81 bits per heavy atom. The Morgan fingerprint density at radius 3 is 2.47 bits per heavy atom. The molecule has 4 bridgehead atoms. The Bertz CT molecular complexity index is 1170. The molecule has 2 aliphatic heterocycles. The molecular formula is C25H31N3O8. The average molecular weight is 502 g/mol. The van der Waals surface area contributed by atoms with Crippen LogP contribution < -0.4 is 5.43 Å². The topological polar surface area (TPSA) is 175 Å². The van der Waals surface area contributed by atoms with Crippen LogP contribution in [-0.2, 0) is 9.53 Å². The fourth-order valence-corrected chi connectivity index (χ4v) is 8.68. The van der Waals surface area contributed by atoms with Crippen molar-refractivity contribution in [2.45, 2.75) is 63.6 Å². The second-order valence-corrected chi connectivity index (χ2v) is 11.9. The molecule has 36 heavy (non-hydrogen) atoms. The monoisotopic (exact) mass is 501 g/mol. The number of carbonyl (C=O) groups excluding carboxylic acids is 1. The largest absolute Gasteiger partial charge is 0.392 e. The van der Waals surface area contributed by atoms with Crippen LogP contribution in [0.1, 0.15) is 39.5 Å². The Morgan fingerprint density at radius 1 is 1.11 bits per heavy atom. The first-order chi connectivity index (χ1) is 16.9. The van der Waals surface area contributed by atoms with Crippen LogP contribution in [-0.4, -0.2) is 67.6 Å². The van der Waals surface area contributed by atoms with E-state index >= 15 is 0 Å². The minimum absolute atomic E-state index is 0.000424. The second kappa shape index (κ2) is 7.32. The van der Waals surface area contributed by atoms with E-state index in [0.29, 0.717) is 31.4 Å². The van der Waals surface area contributed by atoms with E-state index in [4.69, 9.17) is 4.74 Å². The van der Waals surface area contributed by atoms with Crippen molar-refractivity contribution >= 4 is 22.9 Å². The van der Waals surface area contributed by atoms with E-state index in [1.165, 1.54) is 24.3 Å². The lowest BCUT2D eigenvalue weighted by Crippen LogP contribution is -2.85. The van der Waals surface area contributed by atoms with Gasteiger partial charge >= 0.3 is 0 Å². The Labute approximate surface area is 207 Å². The number of hydrogen-bond donors (Lipinski definition) is 5. The Kier molecular flexibility index (Phi) is 4.87. The zero-order valence-electron chi connectivity index (χ0n) is 20.1. The van der Waals surface area contributed by atoms with Gasteiger partial charge in [0.15, 0.2) is 5.78 Å². The average Bonchev–Trinajstić information content (AvgIpc) is 2.95. The predicted molar refractivity (Wildman–Crippen MR) is 126 cm³/mol. The van der Waals surface area contributed by atoms with Gasteiger partial charge in [-0.3, -0.25) is 20.3 Å². The van der Waals surface area contributed by atoms with Crippen LogP contribution in [0.2, 0.25) is 0 Å². The number of aliphatic hydroxyl groups is 4. The van der Waals surface area contributed by atoms with Crippen LogP contribution in [0.5, 0.6) is 0 Å². The molecule has 1 aromatic carbocycles. The fourth-order valence-electron chi connectivity index (χ4n) is 8.68. The predicted octanol–water partition coefficient (Wildman–Crippen LogP) is 1.20.